The summed E-state index contributed by atoms with van der Waals surface area (Å²) < 4.78 is 26.4. The summed E-state index contributed by atoms with van der Waals surface area (Å²) in [6.45, 7) is 7.71. The Morgan fingerprint density at radius 3 is 2.10 bits per heavy atom. The lowest BCUT2D eigenvalue weighted by Crippen LogP contribution is -2.30. The maximum atomic E-state index is 12.5. The molecule has 0 unspecified atom stereocenters. The van der Waals surface area contributed by atoms with Crippen LogP contribution in [-0.2, 0) is 19.6 Å². The second-order valence-corrected chi connectivity index (χ2v) is 8.66. The van der Waals surface area contributed by atoms with Crippen LogP contribution in [0.5, 0.6) is 0 Å². The number of hydrogen-bond acceptors (Lipinski definition) is 5. The van der Waals surface area contributed by atoms with Crippen LogP contribution in [0.2, 0.25) is 0 Å². The summed E-state index contributed by atoms with van der Waals surface area (Å²) in [5.41, 5.74) is 2.81. The van der Waals surface area contributed by atoms with Gasteiger partial charge in [-0.1, -0.05) is 19.9 Å². The summed E-state index contributed by atoms with van der Waals surface area (Å²) in [6.07, 6.45) is 0. The van der Waals surface area contributed by atoms with Crippen LogP contribution in [-0.4, -0.2) is 44.2 Å². The summed E-state index contributed by atoms with van der Waals surface area (Å²) >= 11 is 0. The predicted molar refractivity (Wildman–Crippen MR) is 119 cm³/mol. The Morgan fingerprint density at radius 1 is 0.933 bits per heavy atom. The maximum Gasteiger partial charge on any atom is 0.243 e. The fourth-order valence-electron chi connectivity index (χ4n) is 2.90. The van der Waals surface area contributed by atoms with Crippen LogP contribution in [0.3, 0.4) is 0 Å². The van der Waals surface area contributed by atoms with Gasteiger partial charge in [0.1, 0.15) is 0 Å². The number of benzene rings is 2. The van der Waals surface area contributed by atoms with E-state index in [2.05, 4.69) is 16.0 Å². The molecule has 0 saturated heterocycles. The molecule has 8 nitrogen and oxygen atoms in total. The lowest BCUT2D eigenvalue weighted by Gasteiger charge is -2.18. The fraction of sp³-hybridized carbons (Fsp3) is 0.333. The van der Waals surface area contributed by atoms with E-state index in [-0.39, 0.29) is 23.3 Å². The van der Waals surface area contributed by atoms with E-state index < -0.39 is 10.0 Å². The summed E-state index contributed by atoms with van der Waals surface area (Å²) in [7, 11) is -3.53. The zero-order valence-electron chi connectivity index (χ0n) is 17.7. The first-order chi connectivity index (χ1) is 14.2. The highest BCUT2D eigenvalue weighted by atomic mass is 32.2. The van der Waals surface area contributed by atoms with Gasteiger partial charge in [0.2, 0.25) is 21.8 Å². The topological polar surface area (TPSA) is 108 Å². The molecule has 3 N–H and O–H groups in total. The molecule has 0 atom stereocenters. The number of carbonyl (C=O) groups excluding carboxylic acids is 2. The minimum atomic E-state index is -3.53. The Balaban J connectivity index is 2.00. The molecule has 162 valence electrons. The minimum absolute atomic E-state index is 0.0177. The Morgan fingerprint density at radius 2 is 1.53 bits per heavy atom. The summed E-state index contributed by atoms with van der Waals surface area (Å²) in [5.74, 6) is -0.451. The molecule has 30 heavy (non-hydrogen) atoms. The zero-order valence-corrected chi connectivity index (χ0v) is 18.5. The monoisotopic (exact) mass is 432 g/mol. The van der Waals surface area contributed by atoms with Crippen molar-refractivity contribution in [3.63, 3.8) is 0 Å². The van der Waals surface area contributed by atoms with Gasteiger partial charge in [-0.25, -0.2) is 8.42 Å². The molecule has 2 aromatic rings. The van der Waals surface area contributed by atoms with E-state index in [4.69, 9.17) is 0 Å². The maximum absolute atomic E-state index is 12.5. The van der Waals surface area contributed by atoms with E-state index in [1.54, 1.807) is 38.1 Å². The molecule has 2 amide bonds. The standard InChI is InChI=1S/C21H28N4O4S/c1-5-25(6-2)30(28,29)19-11-9-17(10-12-19)24-21(27)14-22-20-13-18(23-16(4)26)8-7-15(20)3/h7-13,22H,5-6,14H2,1-4H3,(H,23,26)(H,24,27). The van der Waals surface area contributed by atoms with Gasteiger partial charge in [0, 0.05) is 37.1 Å². The third-order valence-corrected chi connectivity index (χ3v) is 6.54. The average Bonchev–Trinajstić information content (AvgIpc) is 2.69. The van der Waals surface area contributed by atoms with Gasteiger partial charge < -0.3 is 16.0 Å². The summed E-state index contributed by atoms with van der Waals surface area (Å²) in [6, 6.07) is 11.5. The van der Waals surface area contributed by atoms with E-state index in [0.717, 1.165) is 11.3 Å². The average molecular weight is 433 g/mol. The van der Waals surface area contributed by atoms with Gasteiger partial charge in [0.05, 0.1) is 11.4 Å². The van der Waals surface area contributed by atoms with Crippen molar-refractivity contribution in [1.29, 1.82) is 0 Å². The molecular formula is C21H28N4O4S. The zero-order chi connectivity index (χ0) is 22.3. The molecule has 0 aliphatic heterocycles. The smallest absolute Gasteiger partial charge is 0.243 e. The van der Waals surface area contributed by atoms with Gasteiger partial charge in [0.25, 0.3) is 0 Å². The molecule has 0 bridgehead atoms. The van der Waals surface area contributed by atoms with Crippen LogP contribution in [0.1, 0.15) is 26.3 Å². The van der Waals surface area contributed by atoms with E-state index in [9.17, 15) is 18.0 Å². The number of anilines is 3. The normalized spacial score (nSPS) is 11.2. The number of nitrogens with one attached hydrogen (secondary N) is 3. The van der Waals surface area contributed by atoms with Crippen LogP contribution in [0.25, 0.3) is 0 Å². The van der Waals surface area contributed by atoms with Crippen molar-refractivity contribution < 1.29 is 18.0 Å². The second-order valence-electron chi connectivity index (χ2n) is 6.73. The predicted octanol–water partition coefficient (Wildman–Crippen LogP) is 3.03. The second kappa shape index (κ2) is 10.2. The summed E-state index contributed by atoms with van der Waals surface area (Å²) in [5, 5.41) is 8.48. The molecular weight excluding hydrogens is 404 g/mol. The molecule has 2 rings (SSSR count). The minimum Gasteiger partial charge on any atom is -0.376 e. The molecule has 0 spiro atoms. The van der Waals surface area contributed by atoms with Crippen molar-refractivity contribution in [2.45, 2.75) is 32.6 Å². The lowest BCUT2D eigenvalue weighted by molar-refractivity contribution is -0.115. The molecule has 0 aliphatic carbocycles. The number of nitrogens with zero attached hydrogens (tertiary/aromatic N) is 1. The van der Waals surface area contributed by atoms with E-state index >= 15 is 0 Å². The third-order valence-electron chi connectivity index (χ3n) is 4.48. The number of amides is 2. The number of sulfonamides is 1. The van der Waals surface area contributed by atoms with Crippen LogP contribution in [0.4, 0.5) is 17.1 Å². The largest absolute Gasteiger partial charge is 0.376 e. The van der Waals surface area contributed by atoms with Crippen LogP contribution in [0, 0.1) is 6.92 Å². The van der Waals surface area contributed by atoms with Crippen molar-refractivity contribution in [2.24, 2.45) is 0 Å². The molecule has 9 heteroatoms. The Bertz CT molecular complexity index is 1000. The van der Waals surface area contributed by atoms with Crippen molar-refractivity contribution in [1.82, 2.24) is 4.31 Å². The molecule has 2 aromatic carbocycles. The fourth-order valence-corrected chi connectivity index (χ4v) is 4.35. The first kappa shape index (κ1) is 23.4. The number of rotatable bonds is 9. The van der Waals surface area contributed by atoms with Crippen LogP contribution < -0.4 is 16.0 Å². The highest BCUT2D eigenvalue weighted by Crippen LogP contribution is 2.21. The molecule has 0 aromatic heterocycles. The van der Waals surface area contributed by atoms with Gasteiger partial charge in [-0.05, 0) is 48.9 Å². The number of aryl methyl sites for hydroxylation is 1. The molecule has 0 aliphatic rings. The van der Waals surface area contributed by atoms with Gasteiger partial charge in [-0.3, -0.25) is 9.59 Å². The Labute approximate surface area is 177 Å². The van der Waals surface area contributed by atoms with Gasteiger partial charge in [0.15, 0.2) is 0 Å². The summed E-state index contributed by atoms with van der Waals surface area (Å²) in [4.78, 5) is 23.7. The van der Waals surface area contributed by atoms with Gasteiger partial charge >= 0.3 is 0 Å². The first-order valence-corrected chi connectivity index (χ1v) is 11.1. The SMILES string of the molecule is CCN(CC)S(=O)(=O)c1ccc(NC(=O)CNc2cc(NC(C)=O)ccc2C)cc1. The van der Waals surface area contributed by atoms with Gasteiger partial charge in [-0.15, -0.1) is 0 Å². The Hall–Kier alpha value is -2.91. The van der Waals surface area contributed by atoms with Crippen molar-refractivity contribution in [3.05, 3.63) is 48.0 Å². The van der Waals surface area contributed by atoms with E-state index in [1.165, 1.54) is 23.4 Å². The van der Waals surface area contributed by atoms with Crippen LogP contribution in [0.15, 0.2) is 47.4 Å². The van der Waals surface area contributed by atoms with Crippen molar-refractivity contribution >= 4 is 38.9 Å². The number of hydrogen-bond donors (Lipinski definition) is 3. The van der Waals surface area contributed by atoms with E-state index in [1.807, 2.05) is 13.0 Å². The molecule has 0 saturated carbocycles. The lowest BCUT2D eigenvalue weighted by atomic mass is 10.1. The quantitative estimate of drug-likeness (QED) is 0.565. The van der Waals surface area contributed by atoms with Crippen molar-refractivity contribution in [2.75, 3.05) is 35.6 Å². The van der Waals surface area contributed by atoms with Gasteiger partial charge in [-0.2, -0.15) is 4.31 Å². The van der Waals surface area contributed by atoms with Crippen molar-refractivity contribution in [3.8, 4) is 0 Å². The third kappa shape index (κ3) is 6.04. The molecule has 0 fully saturated rings. The molecule has 0 heterocycles. The highest BCUT2D eigenvalue weighted by molar-refractivity contribution is 7.89. The first-order valence-electron chi connectivity index (χ1n) is 9.69. The van der Waals surface area contributed by atoms with Crippen LogP contribution >= 0.6 is 0 Å². The van der Waals surface area contributed by atoms with E-state index in [0.29, 0.717) is 24.5 Å². The Kier molecular flexibility index (Phi) is 7.96. The molecule has 0 radical (unpaired) electrons. The highest BCUT2D eigenvalue weighted by Gasteiger charge is 2.21. The number of carbonyl (C=O) groups is 2.